The van der Waals surface area contributed by atoms with Gasteiger partial charge in [-0.25, -0.2) is 0 Å². The van der Waals surface area contributed by atoms with Gasteiger partial charge in [0.1, 0.15) is 0 Å². The summed E-state index contributed by atoms with van der Waals surface area (Å²) in [4.78, 5) is 75.0. The molecule has 0 saturated heterocycles. The molecule has 0 aliphatic heterocycles. The van der Waals surface area contributed by atoms with Gasteiger partial charge in [0.15, 0.2) is 17.3 Å². The van der Waals surface area contributed by atoms with Gasteiger partial charge < -0.3 is 14.2 Å². The number of methoxy groups -OCH3 is 3. The highest BCUT2D eigenvalue weighted by atomic mass is 16.5. The normalized spacial score (nSPS) is 22.4. The number of carbonyl (C=O) groups excluding carboxylic acids is 6. The smallest absolute Gasteiger partial charge is 0.306 e. The number of rotatable bonds is 9. The van der Waals surface area contributed by atoms with Crippen molar-refractivity contribution in [3.8, 4) is 0 Å². The van der Waals surface area contributed by atoms with E-state index in [0.717, 1.165) is 0 Å². The maximum absolute atomic E-state index is 13.2. The van der Waals surface area contributed by atoms with Gasteiger partial charge in [0.2, 0.25) is 0 Å². The van der Waals surface area contributed by atoms with Crippen LogP contribution in [0.15, 0.2) is 36.4 Å². The van der Waals surface area contributed by atoms with Crippen molar-refractivity contribution in [2.75, 3.05) is 21.3 Å². The van der Waals surface area contributed by atoms with Crippen molar-refractivity contribution in [2.24, 2.45) is 17.8 Å². The number of ether oxygens (including phenoxy) is 3. The number of ketones is 3. The van der Waals surface area contributed by atoms with E-state index in [1.54, 1.807) is 36.4 Å². The Bertz CT molecular complexity index is 1170. The van der Waals surface area contributed by atoms with E-state index in [1.807, 2.05) is 0 Å². The molecular weight excluding hydrogens is 504 g/mol. The summed E-state index contributed by atoms with van der Waals surface area (Å²) < 4.78 is 14.2. The third-order valence-corrected chi connectivity index (χ3v) is 7.52. The molecule has 0 saturated carbocycles. The molecule has 4 rings (SSSR count). The molecule has 9 nitrogen and oxygen atoms in total. The van der Waals surface area contributed by atoms with Gasteiger partial charge in [-0.1, -0.05) is 18.2 Å². The SMILES string of the molecule is COC(=O)CC1CC=C(c2cc(C3=CCC(CC(=O)OC)C3=O)cc(C3=CCC(CC(=O)OC)C3=O)c2)C1=O. The van der Waals surface area contributed by atoms with Crippen molar-refractivity contribution in [3.05, 3.63) is 53.1 Å². The first-order valence-electron chi connectivity index (χ1n) is 12.8. The second-order valence-electron chi connectivity index (χ2n) is 9.88. The van der Waals surface area contributed by atoms with Gasteiger partial charge in [-0.2, -0.15) is 0 Å². The Hall–Kier alpha value is -4.14. The number of hydrogen-bond donors (Lipinski definition) is 0. The lowest BCUT2D eigenvalue weighted by Crippen LogP contribution is -2.17. The van der Waals surface area contributed by atoms with Crippen LogP contribution >= 0.6 is 0 Å². The van der Waals surface area contributed by atoms with Crippen molar-refractivity contribution >= 4 is 52.0 Å². The Labute approximate surface area is 225 Å². The first kappa shape index (κ1) is 27.9. The second-order valence-corrected chi connectivity index (χ2v) is 9.88. The van der Waals surface area contributed by atoms with E-state index < -0.39 is 35.7 Å². The standard InChI is InChI=1S/C30H30O9/c1-37-25(31)13-16-4-7-22(28(16)34)19-10-20(23-8-5-17(29(23)35)14-26(32)38-2)12-21(11-19)24-9-6-18(30(24)36)15-27(33)39-3/h7-12,16-18H,4-6,13-15H2,1-3H3. The minimum absolute atomic E-state index is 0.0421. The zero-order valence-corrected chi connectivity index (χ0v) is 22.1. The third-order valence-electron chi connectivity index (χ3n) is 7.52. The average molecular weight is 535 g/mol. The summed E-state index contributed by atoms with van der Waals surface area (Å²) in [5, 5.41) is 0. The lowest BCUT2D eigenvalue weighted by Gasteiger charge is -2.14. The van der Waals surface area contributed by atoms with Gasteiger partial charge in [0.05, 0.1) is 40.6 Å². The van der Waals surface area contributed by atoms with E-state index in [1.165, 1.54) is 21.3 Å². The zero-order chi connectivity index (χ0) is 28.3. The molecule has 0 N–H and O–H groups in total. The summed E-state index contributed by atoms with van der Waals surface area (Å²) in [5.74, 6) is -3.72. The van der Waals surface area contributed by atoms with Crippen LogP contribution in [0.25, 0.3) is 16.7 Å². The quantitative estimate of drug-likeness (QED) is 0.346. The van der Waals surface area contributed by atoms with Crippen LogP contribution in [0.5, 0.6) is 0 Å². The highest BCUT2D eigenvalue weighted by molar-refractivity contribution is 6.28. The summed E-state index contributed by atoms with van der Waals surface area (Å²) in [6.07, 6.45) is 6.26. The minimum Gasteiger partial charge on any atom is -0.469 e. The van der Waals surface area contributed by atoms with Crippen molar-refractivity contribution in [3.63, 3.8) is 0 Å². The van der Waals surface area contributed by atoms with Gasteiger partial charge in [-0.05, 0) is 54.2 Å². The Balaban J connectivity index is 1.69. The molecular formula is C30H30O9. The number of esters is 3. The van der Waals surface area contributed by atoms with Crippen molar-refractivity contribution in [1.82, 2.24) is 0 Å². The highest BCUT2D eigenvalue weighted by Crippen LogP contribution is 2.39. The predicted molar refractivity (Wildman–Crippen MR) is 140 cm³/mol. The number of carbonyl (C=O) groups is 6. The third kappa shape index (κ3) is 5.82. The first-order chi connectivity index (χ1) is 18.7. The van der Waals surface area contributed by atoms with Crippen LogP contribution in [-0.4, -0.2) is 56.6 Å². The molecule has 0 spiro atoms. The minimum atomic E-state index is -0.548. The van der Waals surface area contributed by atoms with Crippen LogP contribution in [0.2, 0.25) is 0 Å². The Kier molecular flexibility index (Phi) is 8.38. The van der Waals surface area contributed by atoms with E-state index in [-0.39, 0.29) is 36.6 Å². The van der Waals surface area contributed by atoms with E-state index in [9.17, 15) is 28.8 Å². The number of hydrogen-bond acceptors (Lipinski definition) is 9. The Morgan fingerprint density at radius 1 is 0.564 bits per heavy atom. The number of Topliss-reactive ketones (excluding diaryl/α,β-unsaturated/α-hetero) is 3. The Morgan fingerprint density at radius 2 is 0.821 bits per heavy atom. The maximum atomic E-state index is 13.2. The van der Waals surface area contributed by atoms with Gasteiger partial charge in [-0.15, -0.1) is 0 Å². The molecule has 39 heavy (non-hydrogen) atoms. The molecule has 0 bridgehead atoms. The molecule has 3 aliphatic carbocycles. The summed E-state index contributed by atoms with van der Waals surface area (Å²) in [5.41, 5.74) is 2.78. The van der Waals surface area contributed by atoms with Crippen LogP contribution in [0, 0.1) is 17.8 Å². The summed E-state index contributed by atoms with van der Waals surface area (Å²) in [6, 6.07) is 5.18. The largest absolute Gasteiger partial charge is 0.469 e. The molecule has 3 unspecified atom stereocenters. The molecule has 0 fully saturated rings. The van der Waals surface area contributed by atoms with Crippen LogP contribution in [0.1, 0.15) is 55.2 Å². The van der Waals surface area contributed by atoms with E-state index in [0.29, 0.717) is 52.7 Å². The summed E-state index contributed by atoms with van der Waals surface area (Å²) >= 11 is 0. The Morgan fingerprint density at radius 3 is 1.05 bits per heavy atom. The molecule has 1 aromatic rings. The van der Waals surface area contributed by atoms with Crippen LogP contribution < -0.4 is 0 Å². The molecule has 3 atom stereocenters. The molecule has 0 aromatic heterocycles. The lowest BCUT2D eigenvalue weighted by molar-refractivity contribution is -0.143. The fraction of sp³-hybridized carbons (Fsp3) is 0.400. The molecule has 9 heteroatoms. The van der Waals surface area contributed by atoms with Crippen LogP contribution in [0.3, 0.4) is 0 Å². The van der Waals surface area contributed by atoms with E-state index >= 15 is 0 Å². The van der Waals surface area contributed by atoms with Crippen molar-refractivity contribution in [1.29, 1.82) is 0 Å². The van der Waals surface area contributed by atoms with Gasteiger partial charge in [0, 0.05) is 34.5 Å². The highest BCUT2D eigenvalue weighted by Gasteiger charge is 2.35. The van der Waals surface area contributed by atoms with E-state index in [2.05, 4.69) is 0 Å². The molecule has 0 heterocycles. The molecule has 1 aromatic carbocycles. The van der Waals surface area contributed by atoms with E-state index in [4.69, 9.17) is 14.2 Å². The predicted octanol–water partition coefficient (Wildman–Crippen LogP) is 3.29. The van der Waals surface area contributed by atoms with Crippen LogP contribution in [0.4, 0.5) is 0 Å². The van der Waals surface area contributed by atoms with Crippen molar-refractivity contribution < 1.29 is 43.0 Å². The van der Waals surface area contributed by atoms with Crippen LogP contribution in [-0.2, 0) is 43.0 Å². The monoisotopic (exact) mass is 534 g/mol. The van der Waals surface area contributed by atoms with Crippen molar-refractivity contribution in [2.45, 2.75) is 38.5 Å². The molecule has 204 valence electrons. The topological polar surface area (TPSA) is 130 Å². The molecule has 0 radical (unpaired) electrons. The van der Waals surface area contributed by atoms with Gasteiger partial charge in [0.25, 0.3) is 0 Å². The van der Waals surface area contributed by atoms with Gasteiger partial charge in [-0.3, -0.25) is 28.8 Å². The zero-order valence-electron chi connectivity index (χ0n) is 22.1. The summed E-state index contributed by atoms with van der Waals surface area (Å²) in [6.45, 7) is 0. The van der Waals surface area contributed by atoms with Gasteiger partial charge >= 0.3 is 17.9 Å². The number of allylic oxidation sites excluding steroid dienone is 6. The number of benzene rings is 1. The first-order valence-corrected chi connectivity index (χ1v) is 12.8. The lowest BCUT2D eigenvalue weighted by atomic mass is 9.88. The second kappa shape index (κ2) is 11.7. The molecule has 3 aliphatic rings. The average Bonchev–Trinajstić information content (AvgIpc) is 3.60. The fourth-order valence-corrected chi connectivity index (χ4v) is 5.32. The summed E-state index contributed by atoms with van der Waals surface area (Å²) in [7, 11) is 3.81. The molecule has 0 amide bonds. The maximum Gasteiger partial charge on any atom is 0.306 e. The fourth-order valence-electron chi connectivity index (χ4n) is 5.32.